The molecule has 7 heteroatoms. The Bertz CT molecular complexity index is 1080. The first-order valence-electron chi connectivity index (χ1n) is 9.49. The van der Waals surface area contributed by atoms with Crippen molar-refractivity contribution in [2.75, 3.05) is 13.7 Å². The number of rotatable bonds is 6. The van der Waals surface area contributed by atoms with E-state index in [0.717, 1.165) is 5.76 Å². The number of hydrogen-bond donors (Lipinski definition) is 1. The molecule has 0 spiro atoms. The van der Waals surface area contributed by atoms with Crippen molar-refractivity contribution in [2.45, 2.75) is 12.5 Å². The number of carbonyl (C=O) groups is 2. The Morgan fingerprint density at radius 2 is 2.13 bits per heavy atom. The van der Waals surface area contributed by atoms with E-state index in [2.05, 4.69) is 10.3 Å². The molecule has 0 saturated carbocycles. The Morgan fingerprint density at radius 3 is 2.93 bits per heavy atom. The van der Waals surface area contributed by atoms with Crippen molar-refractivity contribution in [3.05, 3.63) is 83.5 Å². The van der Waals surface area contributed by atoms with Crippen molar-refractivity contribution >= 4 is 23.6 Å². The minimum absolute atomic E-state index is 0.123. The number of furan rings is 1. The van der Waals surface area contributed by atoms with Crippen LogP contribution in [0, 0.1) is 0 Å². The lowest BCUT2D eigenvalue weighted by Gasteiger charge is -2.24. The maximum atomic E-state index is 12.4. The molecule has 1 atom stereocenters. The molecule has 1 aliphatic heterocycles. The standard InChI is InChI=1S/C23H20N2O5/c1-28-19-7-3-2-5-15(19)14-21-23(27)25-18-13-16(8-9-20(18)30-21)22(26)24-11-10-17-6-4-12-29-17/h2-9,12-14,20H,10-11H2,1H3,(H,24,26)/b21-14+. The van der Waals surface area contributed by atoms with Crippen LogP contribution in [-0.2, 0) is 20.7 Å². The number of fused-ring (bicyclic) bond motifs is 1. The Hall–Kier alpha value is -3.87. The zero-order valence-corrected chi connectivity index (χ0v) is 16.3. The maximum absolute atomic E-state index is 12.4. The molecule has 1 N–H and O–H groups in total. The molecule has 0 saturated heterocycles. The highest BCUT2D eigenvalue weighted by Crippen LogP contribution is 2.25. The molecule has 0 radical (unpaired) electrons. The van der Waals surface area contributed by atoms with Gasteiger partial charge < -0.3 is 19.2 Å². The van der Waals surface area contributed by atoms with Gasteiger partial charge in [-0.1, -0.05) is 18.2 Å². The van der Waals surface area contributed by atoms with Gasteiger partial charge in [0.05, 0.1) is 19.1 Å². The third kappa shape index (κ3) is 4.25. The van der Waals surface area contributed by atoms with Crippen LogP contribution in [0.15, 0.2) is 81.6 Å². The minimum atomic E-state index is -0.525. The van der Waals surface area contributed by atoms with Gasteiger partial charge >= 0.3 is 5.91 Å². The molecule has 1 aromatic carbocycles. The van der Waals surface area contributed by atoms with Gasteiger partial charge in [-0.15, -0.1) is 0 Å². The van der Waals surface area contributed by atoms with E-state index in [4.69, 9.17) is 13.9 Å². The number of para-hydroxylation sites is 1. The number of nitrogens with zero attached hydrogens (tertiary/aromatic N) is 1. The van der Waals surface area contributed by atoms with Crippen LogP contribution in [0.1, 0.15) is 11.3 Å². The summed E-state index contributed by atoms with van der Waals surface area (Å²) in [5.74, 6) is 0.799. The van der Waals surface area contributed by atoms with Crippen LogP contribution in [0.5, 0.6) is 5.75 Å². The second kappa shape index (κ2) is 8.65. The number of nitrogens with one attached hydrogen (secondary N) is 1. The van der Waals surface area contributed by atoms with Gasteiger partial charge in [-0.05, 0) is 42.5 Å². The normalized spacial score (nSPS) is 18.9. The van der Waals surface area contributed by atoms with E-state index in [1.165, 1.54) is 0 Å². The van der Waals surface area contributed by atoms with Gasteiger partial charge in [0, 0.05) is 24.1 Å². The number of methoxy groups -OCH3 is 1. The molecule has 1 unspecified atom stereocenters. The molecular formula is C23H20N2O5. The smallest absolute Gasteiger partial charge is 0.312 e. The van der Waals surface area contributed by atoms with Gasteiger partial charge in [-0.3, -0.25) is 9.59 Å². The number of ether oxygens (including phenoxy) is 2. The molecule has 2 heterocycles. The summed E-state index contributed by atoms with van der Waals surface area (Å²) in [6.45, 7) is 0.439. The second-order valence-corrected chi connectivity index (χ2v) is 6.67. The van der Waals surface area contributed by atoms with Crippen molar-refractivity contribution in [2.24, 2.45) is 4.99 Å². The Labute approximate surface area is 173 Å². The Morgan fingerprint density at radius 1 is 1.27 bits per heavy atom. The van der Waals surface area contributed by atoms with Gasteiger partial charge in [-0.2, -0.15) is 0 Å². The van der Waals surface area contributed by atoms with E-state index in [9.17, 15) is 9.59 Å². The summed E-state index contributed by atoms with van der Waals surface area (Å²) in [7, 11) is 1.56. The van der Waals surface area contributed by atoms with Gasteiger partial charge in [0.25, 0.3) is 5.91 Å². The van der Waals surface area contributed by atoms with Crippen LogP contribution >= 0.6 is 0 Å². The van der Waals surface area contributed by atoms with Gasteiger partial charge in [0.15, 0.2) is 11.9 Å². The topological polar surface area (TPSA) is 90.1 Å². The number of carbonyl (C=O) groups excluding carboxylic acids is 2. The van der Waals surface area contributed by atoms with Crippen molar-refractivity contribution in [3.8, 4) is 5.75 Å². The van der Waals surface area contributed by atoms with Crippen molar-refractivity contribution in [1.29, 1.82) is 0 Å². The number of aliphatic imine (C=N–C) groups is 1. The predicted molar refractivity (Wildman–Crippen MR) is 111 cm³/mol. The summed E-state index contributed by atoms with van der Waals surface area (Å²) in [6, 6.07) is 11.0. The van der Waals surface area contributed by atoms with Crippen LogP contribution in [0.25, 0.3) is 6.08 Å². The summed E-state index contributed by atoms with van der Waals surface area (Å²) in [5.41, 5.74) is 1.53. The first kappa shape index (κ1) is 19.4. The molecule has 152 valence electrons. The molecule has 2 amide bonds. The van der Waals surface area contributed by atoms with Crippen LogP contribution in [0.2, 0.25) is 0 Å². The van der Waals surface area contributed by atoms with E-state index in [1.54, 1.807) is 49.8 Å². The third-order valence-electron chi connectivity index (χ3n) is 4.67. The molecule has 1 aliphatic carbocycles. The van der Waals surface area contributed by atoms with Crippen molar-refractivity contribution in [1.82, 2.24) is 5.32 Å². The average molecular weight is 404 g/mol. The van der Waals surface area contributed by atoms with Gasteiger partial charge in [0.1, 0.15) is 11.5 Å². The monoisotopic (exact) mass is 404 g/mol. The molecule has 2 aromatic rings. The summed E-state index contributed by atoms with van der Waals surface area (Å²) < 4.78 is 16.4. The molecule has 1 aromatic heterocycles. The molecule has 30 heavy (non-hydrogen) atoms. The van der Waals surface area contributed by atoms with Crippen molar-refractivity contribution in [3.63, 3.8) is 0 Å². The quantitative estimate of drug-likeness (QED) is 0.748. The summed E-state index contributed by atoms with van der Waals surface area (Å²) in [5, 5.41) is 2.83. The maximum Gasteiger partial charge on any atom is 0.312 e. The summed E-state index contributed by atoms with van der Waals surface area (Å²) in [4.78, 5) is 29.0. The van der Waals surface area contributed by atoms with Gasteiger partial charge in [-0.25, -0.2) is 4.99 Å². The number of benzene rings is 1. The lowest BCUT2D eigenvalue weighted by atomic mass is 10.0. The highest BCUT2D eigenvalue weighted by Gasteiger charge is 2.29. The van der Waals surface area contributed by atoms with E-state index in [1.807, 2.05) is 24.3 Å². The SMILES string of the molecule is COc1ccccc1/C=C1/OC2C=CC(C(=O)NCCc3ccco3)=CC2=NC1=O. The van der Waals surface area contributed by atoms with E-state index in [-0.39, 0.29) is 11.7 Å². The van der Waals surface area contributed by atoms with E-state index < -0.39 is 12.0 Å². The predicted octanol–water partition coefficient (Wildman–Crippen LogP) is 2.85. The highest BCUT2D eigenvalue weighted by molar-refractivity contribution is 6.16. The number of hydrogen-bond acceptors (Lipinski definition) is 5. The fourth-order valence-corrected chi connectivity index (χ4v) is 3.15. The largest absolute Gasteiger partial charge is 0.496 e. The molecule has 2 aliphatic rings. The second-order valence-electron chi connectivity index (χ2n) is 6.67. The minimum Gasteiger partial charge on any atom is -0.496 e. The lowest BCUT2D eigenvalue weighted by Crippen LogP contribution is -2.33. The third-order valence-corrected chi connectivity index (χ3v) is 4.67. The van der Waals surface area contributed by atoms with Crippen LogP contribution < -0.4 is 10.1 Å². The highest BCUT2D eigenvalue weighted by atomic mass is 16.5. The van der Waals surface area contributed by atoms with Gasteiger partial charge in [0.2, 0.25) is 0 Å². The Balaban J connectivity index is 1.45. The van der Waals surface area contributed by atoms with E-state index in [0.29, 0.717) is 35.6 Å². The van der Waals surface area contributed by atoms with Crippen LogP contribution in [0.4, 0.5) is 0 Å². The Kier molecular flexibility index (Phi) is 5.61. The zero-order valence-electron chi connectivity index (χ0n) is 16.3. The lowest BCUT2D eigenvalue weighted by molar-refractivity contribution is -0.119. The summed E-state index contributed by atoms with van der Waals surface area (Å²) in [6.07, 6.45) is 8.23. The van der Waals surface area contributed by atoms with Crippen LogP contribution in [-0.4, -0.2) is 37.3 Å². The average Bonchev–Trinajstić information content (AvgIpc) is 3.28. The molecular weight excluding hydrogens is 384 g/mol. The fraction of sp³-hybridized carbons (Fsp3) is 0.174. The zero-order chi connectivity index (χ0) is 20.9. The molecule has 0 fully saturated rings. The first-order chi connectivity index (χ1) is 14.6. The first-order valence-corrected chi connectivity index (χ1v) is 9.49. The fourth-order valence-electron chi connectivity index (χ4n) is 3.15. The van der Waals surface area contributed by atoms with E-state index >= 15 is 0 Å². The molecule has 0 bridgehead atoms. The summed E-state index contributed by atoms with van der Waals surface area (Å²) >= 11 is 0. The molecule has 4 rings (SSSR count). The number of amides is 2. The van der Waals surface area contributed by atoms with Crippen LogP contribution in [0.3, 0.4) is 0 Å². The van der Waals surface area contributed by atoms with Crippen molar-refractivity contribution < 1.29 is 23.5 Å². The molecule has 7 nitrogen and oxygen atoms in total.